The van der Waals surface area contributed by atoms with Crippen molar-refractivity contribution in [2.75, 3.05) is 6.61 Å². The van der Waals surface area contributed by atoms with Gasteiger partial charge in [0.15, 0.2) is 6.10 Å². The van der Waals surface area contributed by atoms with Gasteiger partial charge in [0.25, 0.3) is 11.8 Å². The molecule has 168 valence electrons. The van der Waals surface area contributed by atoms with Crippen molar-refractivity contribution >= 4 is 21.8 Å². The molecule has 0 fully saturated rings. The SMILES string of the molecule is CCOc1ccc(OC(C)C(=O)NNC(=O)c2ccc(S(=O)(=O)NC(C)C)cc2)cc1. The number of hydrazine groups is 1. The van der Waals surface area contributed by atoms with E-state index in [4.69, 9.17) is 9.47 Å². The maximum Gasteiger partial charge on any atom is 0.279 e. The minimum atomic E-state index is -3.65. The van der Waals surface area contributed by atoms with Crippen LogP contribution in [0.4, 0.5) is 0 Å². The maximum absolute atomic E-state index is 12.2. The molecule has 3 N–H and O–H groups in total. The van der Waals surface area contributed by atoms with E-state index < -0.39 is 27.9 Å². The van der Waals surface area contributed by atoms with Crippen molar-refractivity contribution in [1.29, 1.82) is 0 Å². The number of amides is 2. The average molecular weight is 450 g/mol. The molecule has 0 aliphatic carbocycles. The molecular weight excluding hydrogens is 422 g/mol. The van der Waals surface area contributed by atoms with E-state index >= 15 is 0 Å². The number of hydrogen-bond donors (Lipinski definition) is 3. The fraction of sp³-hybridized carbons (Fsp3) is 0.333. The van der Waals surface area contributed by atoms with E-state index in [9.17, 15) is 18.0 Å². The first-order valence-corrected chi connectivity index (χ1v) is 11.2. The highest BCUT2D eigenvalue weighted by molar-refractivity contribution is 7.89. The van der Waals surface area contributed by atoms with Crippen LogP contribution in [0.3, 0.4) is 0 Å². The van der Waals surface area contributed by atoms with Gasteiger partial charge in [0.1, 0.15) is 11.5 Å². The van der Waals surface area contributed by atoms with E-state index in [0.717, 1.165) is 0 Å². The van der Waals surface area contributed by atoms with Crippen LogP contribution in [0.1, 0.15) is 38.1 Å². The van der Waals surface area contributed by atoms with Gasteiger partial charge in [-0.15, -0.1) is 0 Å². The molecule has 2 rings (SSSR count). The first kappa shape index (κ1) is 24.2. The Bertz CT molecular complexity index is 989. The zero-order chi connectivity index (χ0) is 23.0. The highest BCUT2D eigenvalue weighted by atomic mass is 32.2. The van der Waals surface area contributed by atoms with Crippen LogP contribution in [-0.4, -0.2) is 39.0 Å². The number of carbonyl (C=O) groups is 2. The molecule has 0 heterocycles. The first-order chi connectivity index (χ1) is 14.6. The summed E-state index contributed by atoms with van der Waals surface area (Å²) < 4.78 is 37.6. The lowest BCUT2D eigenvalue weighted by molar-refractivity contribution is -0.128. The molecule has 1 atom stereocenters. The monoisotopic (exact) mass is 449 g/mol. The Balaban J connectivity index is 1.89. The average Bonchev–Trinajstić information content (AvgIpc) is 2.72. The summed E-state index contributed by atoms with van der Waals surface area (Å²) in [5, 5.41) is 0. The quantitative estimate of drug-likeness (QED) is 0.503. The molecule has 1 unspecified atom stereocenters. The van der Waals surface area contributed by atoms with Crippen LogP contribution >= 0.6 is 0 Å². The fourth-order valence-corrected chi connectivity index (χ4v) is 3.75. The van der Waals surface area contributed by atoms with Gasteiger partial charge in [-0.05, 0) is 76.2 Å². The van der Waals surface area contributed by atoms with Crippen molar-refractivity contribution in [3.63, 3.8) is 0 Å². The van der Waals surface area contributed by atoms with Crippen molar-refractivity contribution in [1.82, 2.24) is 15.6 Å². The molecule has 0 aliphatic heterocycles. The van der Waals surface area contributed by atoms with Crippen LogP contribution in [0.2, 0.25) is 0 Å². The molecule has 0 aliphatic rings. The predicted octanol–water partition coefficient (Wildman–Crippen LogP) is 2.00. The summed E-state index contributed by atoms with van der Waals surface area (Å²) >= 11 is 0. The molecule has 2 aromatic carbocycles. The summed E-state index contributed by atoms with van der Waals surface area (Å²) in [5.41, 5.74) is 4.75. The summed E-state index contributed by atoms with van der Waals surface area (Å²) in [5.74, 6) is 0.0206. The Morgan fingerprint density at radius 3 is 2.03 bits per heavy atom. The molecule has 9 nitrogen and oxygen atoms in total. The molecule has 0 radical (unpaired) electrons. The minimum absolute atomic E-state index is 0.0409. The van der Waals surface area contributed by atoms with E-state index in [1.54, 1.807) is 45.0 Å². The van der Waals surface area contributed by atoms with Crippen molar-refractivity contribution in [2.45, 2.75) is 44.7 Å². The van der Waals surface area contributed by atoms with Gasteiger partial charge in [0, 0.05) is 11.6 Å². The molecule has 0 saturated carbocycles. The molecule has 0 aromatic heterocycles. The Labute approximate surface area is 182 Å². The second kappa shape index (κ2) is 10.8. The number of sulfonamides is 1. The second-order valence-corrected chi connectivity index (χ2v) is 8.62. The lowest BCUT2D eigenvalue weighted by Gasteiger charge is -2.15. The van der Waals surface area contributed by atoms with Crippen LogP contribution in [-0.2, 0) is 14.8 Å². The molecule has 0 saturated heterocycles. The van der Waals surface area contributed by atoms with Gasteiger partial charge in [0.2, 0.25) is 10.0 Å². The van der Waals surface area contributed by atoms with Crippen LogP contribution in [0.15, 0.2) is 53.4 Å². The number of ether oxygens (including phenoxy) is 2. The molecule has 2 amide bonds. The number of carbonyl (C=O) groups excluding carboxylic acids is 2. The van der Waals surface area contributed by atoms with E-state index in [1.165, 1.54) is 24.3 Å². The number of hydrogen-bond acceptors (Lipinski definition) is 6. The van der Waals surface area contributed by atoms with Gasteiger partial charge in [-0.2, -0.15) is 0 Å². The Morgan fingerprint density at radius 2 is 1.48 bits per heavy atom. The highest BCUT2D eigenvalue weighted by Gasteiger charge is 2.18. The summed E-state index contributed by atoms with van der Waals surface area (Å²) in [6.45, 7) is 7.39. The first-order valence-electron chi connectivity index (χ1n) is 9.74. The summed E-state index contributed by atoms with van der Waals surface area (Å²) in [4.78, 5) is 24.4. The lowest BCUT2D eigenvalue weighted by Crippen LogP contribution is -2.47. The lowest BCUT2D eigenvalue weighted by atomic mass is 10.2. The number of rotatable bonds is 9. The molecular formula is C21H27N3O6S. The number of nitrogens with one attached hydrogen (secondary N) is 3. The second-order valence-electron chi connectivity index (χ2n) is 6.91. The molecule has 0 spiro atoms. The largest absolute Gasteiger partial charge is 0.494 e. The van der Waals surface area contributed by atoms with E-state index in [-0.39, 0.29) is 16.5 Å². The van der Waals surface area contributed by atoms with Gasteiger partial charge in [-0.3, -0.25) is 20.4 Å². The normalized spacial score (nSPS) is 12.2. The summed E-state index contributed by atoms with van der Waals surface area (Å²) in [6, 6.07) is 11.9. The van der Waals surface area contributed by atoms with Crippen LogP contribution < -0.4 is 25.0 Å². The summed E-state index contributed by atoms with van der Waals surface area (Å²) in [7, 11) is -3.65. The van der Waals surface area contributed by atoms with Gasteiger partial charge in [0.05, 0.1) is 11.5 Å². The number of benzene rings is 2. The molecule has 2 aromatic rings. The maximum atomic E-state index is 12.2. The molecule has 0 bridgehead atoms. The fourth-order valence-electron chi connectivity index (χ4n) is 2.49. The van der Waals surface area contributed by atoms with Crippen molar-refractivity contribution in [3.05, 3.63) is 54.1 Å². The Morgan fingerprint density at radius 1 is 0.903 bits per heavy atom. The van der Waals surface area contributed by atoms with Crippen LogP contribution in [0, 0.1) is 0 Å². The van der Waals surface area contributed by atoms with E-state index in [1.807, 2.05) is 6.92 Å². The van der Waals surface area contributed by atoms with Crippen LogP contribution in [0.25, 0.3) is 0 Å². The molecule has 10 heteroatoms. The van der Waals surface area contributed by atoms with Crippen molar-refractivity contribution in [3.8, 4) is 11.5 Å². The summed E-state index contributed by atoms with van der Waals surface area (Å²) in [6.07, 6.45) is -0.868. The van der Waals surface area contributed by atoms with Gasteiger partial charge < -0.3 is 9.47 Å². The van der Waals surface area contributed by atoms with Gasteiger partial charge in [-0.25, -0.2) is 13.1 Å². The van der Waals surface area contributed by atoms with E-state index in [2.05, 4.69) is 15.6 Å². The smallest absolute Gasteiger partial charge is 0.279 e. The molecule has 31 heavy (non-hydrogen) atoms. The standard InChI is InChI=1S/C21H27N3O6S/c1-5-29-17-8-10-18(11-9-17)30-15(4)20(25)22-23-21(26)16-6-12-19(13-7-16)31(27,28)24-14(2)3/h6-15,24H,5H2,1-4H3,(H,22,25)(H,23,26). The van der Waals surface area contributed by atoms with Gasteiger partial charge >= 0.3 is 0 Å². The third-order valence-corrected chi connectivity index (χ3v) is 5.61. The zero-order valence-corrected chi connectivity index (χ0v) is 18.7. The van der Waals surface area contributed by atoms with Gasteiger partial charge in [-0.1, -0.05) is 0 Å². The zero-order valence-electron chi connectivity index (χ0n) is 17.8. The Hall–Kier alpha value is -3.11. The third-order valence-electron chi connectivity index (χ3n) is 3.93. The Kier molecular flexibility index (Phi) is 8.40. The highest BCUT2D eigenvalue weighted by Crippen LogP contribution is 2.18. The van der Waals surface area contributed by atoms with Crippen molar-refractivity contribution < 1.29 is 27.5 Å². The van der Waals surface area contributed by atoms with E-state index in [0.29, 0.717) is 18.1 Å². The topological polar surface area (TPSA) is 123 Å². The van der Waals surface area contributed by atoms with Crippen LogP contribution in [0.5, 0.6) is 11.5 Å². The minimum Gasteiger partial charge on any atom is -0.494 e. The predicted molar refractivity (Wildman–Crippen MR) is 115 cm³/mol. The third kappa shape index (κ3) is 7.26. The van der Waals surface area contributed by atoms with Crippen molar-refractivity contribution in [2.24, 2.45) is 0 Å².